The lowest BCUT2D eigenvalue weighted by Crippen LogP contribution is -2.20. The zero-order valence-corrected chi connectivity index (χ0v) is 10.0. The maximum Gasteiger partial charge on any atom is 0.119 e. The number of benzene rings is 1. The average Bonchev–Trinajstić information content (AvgIpc) is 2.84. The molecule has 2 nitrogen and oxygen atoms in total. The quantitative estimate of drug-likeness (QED) is 0.809. The van der Waals surface area contributed by atoms with Gasteiger partial charge < -0.3 is 9.84 Å². The lowest BCUT2D eigenvalue weighted by molar-refractivity contribution is 0.121. The molecule has 2 aliphatic carbocycles. The molecule has 2 heteroatoms. The molecule has 1 aromatic rings. The molecule has 4 unspecified atom stereocenters. The Labute approximate surface area is 102 Å². The van der Waals surface area contributed by atoms with Crippen molar-refractivity contribution >= 4 is 0 Å². The zero-order chi connectivity index (χ0) is 11.8. The lowest BCUT2D eigenvalue weighted by atomic mass is 9.94. The SMILES string of the molecule is Cc1ccc(OCC2CC3C=CC2C3O)cc1. The average molecular weight is 230 g/mol. The summed E-state index contributed by atoms with van der Waals surface area (Å²) < 4.78 is 5.80. The van der Waals surface area contributed by atoms with E-state index in [1.54, 1.807) is 0 Å². The second kappa shape index (κ2) is 4.19. The fraction of sp³-hybridized carbons (Fsp3) is 0.467. The summed E-state index contributed by atoms with van der Waals surface area (Å²) in [5.41, 5.74) is 1.25. The van der Waals surface area contributed by atoms with Crippen LogP contribution in [0.5, 0.6) is 5.75 Å². The third-order valence-corrected chi connectivity index (χ3v) is 4.02. The van der Waals surface area contributed by atoms with Gasteiger partial charge in [-0.05, 0) is 25.5 Å². The van der Waals surface area contributed by atoms with Gasteiger partial charge in [-0.2, -0.15) is 0 Å². The summed E-state index contributed by atoms with van der Waals surface area (Å²) in [6, 6.07) is 8.14. The van der Waals surface area contributed by atoms with Crippen LogP contribution in [0.15, 0.2) is 36.4 Å². The normalized spacial score (nSPS) is 34.2. The van der Waals surface area contributed by atoms with Crippen LogP contribution in [0.1, 0.15) is 12.0 Å². The molecule has 0 amide bonds. The van der Waals surface area contributed by atoms with E-state index in [9.17, 15) is 5.11 Å². The first-order chi connectivity index (χ1) is 8.24. The molecule has 0 aromatic heterocycles. The predicted octanol–water partition coefficient (Wildman–Crippen LogP) is 2.56. The molecule has 0 aliphatic heterocycles. The summed E-state index contributed by atoms with van der Waals surface area (Å²) in [6.45, 7) is 2.78. The standard InChI is InChI=1S/C15H18O2/c1-10-2-5-13(6-3-10)17-9-12-8-11-4-7-14(12)15(11)16/h2-7,11-12,14-16H,8-9H2,1H3. The molecule has 4 atom stereocenters. The largest absolute Gasteiger partial charge is 0.493 e. The Bertz CT molecular complexity index is 421. The van der Waals surface area contributed by atoms with Gasteiger partial charge in [-0.15, -0.1) is 0 Å². The van der Waals surface area contributed by atoms with Crippen molar-refractivity contribution in [3.63, 3.8) is 0 Å². The molecule has 0 radical (unpaired) electrons. The van der Waals surface area contributed by atoms with Crippen LogP contribution in [0.2, 0.25) is 0 Å². The number of aryl methyl sites for hydroxylation is 1. The minimum absolute atomic E-state index is 0.165. The summed E-state index contributed by atoms with van der Waals surface area (Å²) in [7, 11) is 0. The van der Waals surface area contributed by atoms with Crippen molar-refractivity contribution in [2.45, 2.75) is 19.4 Å². The molecule has 1 aromatic carbocycles. The van der Waals surface area contributed by atoms with Gasteiger partial charge in [-0.1, -0.05) is 29.8 Å². The van der Waals surface area contributed by atoms with Gasteiger partial charge in [0.15, 0.2) is 0 Å². The number of rotatable bonds is 3. The van der Waals surface area contributed by atoms with Crippen molar-refractivity contribution in [3.05, 3.63) is 42.0 Å². The molecule has 1 fully saturated rings. The highest BCUT2D eigenvalue weighted by Gasteiger charge is 2.43. The van der Waals surface area contributed by atoms with Crippen molar-refractivity contribution in [2.24, 2.45) is 17.8 Å². The van der Waals surface area contributed by atoms with Crippen LogP contribution in [-0.4, -0.2) is 17.8 Å². The van der Waals surface area contributed by atoms with E-state index in [2.05, 4.69) is 31.2 Å². The van der Waals surface area contributed by atoms with Crippen LogP contribution in [0, 0.1) is 24.7 Å². The van der Waals surface area contributed by atoms with E-state index < -0.39 is 0 Å². The molecular formula is C15H18O2. The smallest absolute Gasteiger partial charge is 0.119 e. The van der Waals surface area contributed by atoms with Crippen molar-refractivity contribution in [1.82, 2.24) is 0 Å². The fourth-order valence-electron chi connectivity index (χ4n) is 2.96. The molecule has 1 N–H and O–H groups in total. The van der Waals surface area contributed by atoms with Gasteiger partial charge in [0.05, 0.1) is 12.7 Å². The van der Waals surface area contributed by atoms with Crippen LogP contribution < -0.4 is 4.74 Å². The van der Waals surface area contributed by atoms with Crippen LogP contribution in [-0.2, 0) is 0 Å². The van der Waals surface area contributed by atoms with Gasteiger partial charge in [-0.3, -0.25) is 0 Å². The highest BCUT2D eigenvalue weighted by atomic mass is 16.5. The Morgan fingerprint density at radius 1 is 1.24 bits per heavy atom. The number of ether oxygens (including phenoxy) is 1. The van der Waals surface area contributed by atoms with E-state index >= 15 is 0 Å². The third kappa shape index (κ3) is 1.98. The second-order valence-electron chi connectivity index (χ2n) is 5.24. The van der Waals surface area contributed by atoms with E-state index in [1.165, 1.54) is 5.56 Å². The van der Waals surface area contributed by atoms with Crippen molar-refractivity contribution in [1.29, 1.82) is 0 Å². The molecule has 90 valence electrons. The van der Waals surface area contributed by atoms with Crippen LogP contribution in [0.3, 0.4) is 0 Å². The first kappa shape index (κ1) is 10.8. The second-order valence-corrected chi connectivity index (χ2v) is 5.24. The topological polar surface area (TPSA) is 29.5 Å². The van der Waals surface area contributed by atoms with Crippen LogP contribution in [0.4, 0.5) is 0 Å². The Kier molecular flexibility index (Phi) is 2.67. The maximum absolute atomic E-state index is 9.91. The monoisotopic (exact) mass is 230 g/mol. The molecule has 17 heavy (non-hydrogen) atoms. The Morgan fingerprint density at radius 3 is 2.59 bits per heavy atom. The molecule has 2 bridgehead atoms. The summed E-state index contributed by atoms with van der Waals surface area (Å²) in [5, 5.41) is 9.91. The number of aliphatic hydroxyl groups is 1. The maximum atomic E-state index is 9.91. The van der Waals surface area contributed by atoms with Gasteiger partial charge in [0.25, 0.3) is 0 Å². The summed E-state index contributed by atoms with van der Waals surface area (Å²) in [5.74, 6) is 2.08. The van der Waals surface area contributed by atoms with Gasteiger partial charge >= 0.3 is 0 Å². The first-order valence-electron chi connectivity index (χ1n) is 6.30. The lowest BCUT2D eigenvalue weighted by Gasteiger charge is -2.18. The molecule has 2 aliphatic rings. The van der Waals surface area contributed by atoms with E-state index in [0.717, 1.165) is 12.2 Å². The Balaban J connectivity index is 1.59. The molecular weight excluding hydrogens is 212 g/mol. The highest BCUT2D eigenvalue weighted by molar-refractivity contribution is 5.26. The number of hydrogen-bond acceptors (Lipinski definition) is 2. The van der Waals surface area contributed by atoms with E-state index in [0.29, 0.717) is 24.4 Å². The highest BCUT2D eigenvalue weighted by Crippen LogP contribution is 2.43. The van der Waals surface area contributed by atoms with Crippen LogP contribution >= 0.6 is 0 Å². The van der Waals surface area contributed by atoms with E-state index in [4.69, 9.17) is 4.74 Å². The Hall–Kier alpha value is -1.28. The molecule has 0 saturated heterocycles. The molecule has 1 saturated carbocycles. The fourth-order valence-corrected chi connectivity index (χ4v) is 2.96. The van der Waals surface area contributed by atoms with Gasteiger partial charge in [-0.25, -0.2) is 0 Å². The Morgan fingerprint density at radius 2 is 2.00 bits per heavy atom. The number of aliphatic hydroxyl groups excluding tert-OH is 1. The minimum atomic E-state index is -0.165. The number of fused-ring (bicyclic) bond motifs is 2. The van der Waals surface area contributed by atoms with Gasteiger partial charge in [0.2, 0.25) is 0 Å². The van der Waals surface area contributed by atoms with E-state index in [1.807, 2.05) is 12.1 Å². The molecule has 3 rings (SSSR count). The van der Waals surface area contributed by atoms with Gasteiger partial charge in [0.1, 0.15) is 5.75 Å². The van der Waals surface area contributed by atoms with Crippen molar-refractivity contribution in [3.8, 4) is 5.75 Å². The van der Waals surface area contributed by atoms with Crippen LogP contribution in [0.25, 0.3) is 0 Å². The summed E-state index contributed by atoms with van der Waals surface area (Å²) in [4.78, 5) is 0. The summed E-state index contributed by atoms with van der Waals surface area (Å²) >= 11 is 0. The first-order valence-corrected chi connectivity index (χ1v) is 6.30. The van der Waals surface area contributed by atoms with Gasteiger partial charge in [0, 0.05) is 17.8 Å². The minimum Gasteiger partial charge on any atom is -0.493 e. The van der Waals surface area contributed by atoms with E-state index in [-0.39, 0.29) is 6.10 Å². The molecule has 0 spiro atoms. The number of hydrogen-bond donors (Lipinski definition) is 1. The predicted molar refractivity (Wildman–Crippen MR) is 66.9 cm³/mol. The zero-order valence-electron chi connectivity index (χ0n) is 10.0. The molecule has 0 heterocycles. The van der Waals surface area contributed by atoms with Crippen molar-refractivity contribution in [2.75, 3.05) is 6.61 Å². The summed E-state index contributed by atoms with van der Waals surface area (Å²) in [6.07, 6.45) is 5.20. The third-order valence-electron chi connectivity index (χ3n) is 4.02. The van der Waals surface area contributed by atoms with Crippen molar-refractivity contribution < 1.29 is 9.84 Å².